The number of nitriles is 1. The lowest BCUT2D eigenvalue weighted by Crippen LogP contribution is -2.43. The Morgan fingerprint density at radius 3 is 2.79 bits per heavy atom. The van der Waals surface area contributed by atoms with E-state index in [1.54, 1.807) is 28.2 Å². The van der Waals surface area contributed by atoms with Gasteiger partial charge in [-0.2, -0.15) is 10.2 Å². The molecule has 2 fully saturated rings. The van der Waals surface area contributed by atoms with E-state index in [0.717, 1.165) is 57.5 Å². The number of rotatable bonds is 4. The minimum absolute atomic E-state index is 0.0785. The van der Waals surface area contributed by atoms with Crippen LogP contribution in [0.4, 0.5) is 17.3 Å². The Labute approximate surface area is 200 Å². The highest BCUT2D eigenvalue weighted by molar-refractivity contribution is 7.17. The summed E-state index contributed by atoms with van der Waals surface area (Å²) in [5.41, 5.74) is 2.65. The fraction of sp³-hybridized carbons (Fsp3) is 0.360. The molecule has 3 aromatic heterocycles. The lowest BCUT2D eigenvalue weighted by molar-refractivity contribution is 0.515. The Balaban J connectivity index is 1.38. The van der Waals surface area contributed by atoms with Crippen molar-refractivity contribution in [3.63, 3.8) is 0 Å². The second-order valence-electron chi connectivity index (χ2n) is 8.95. The van der Waals surface area contributed by atoms with Crippen LogP contribution >= 0.6 is 11.3 Å². The van der Waals surface area contributed by atoms with Crippen LogP contribution in [-0.4, -0.2) is 40.7 Å². The highest BCUT2D eigenvalue weighted by Gasteiger charge is 2.23. The Kier molecular flexibility index (Phi) is 5.40. The zero-order valence-electron chi connectivity index (χ0n) is 18.8. The number of piperazine rings is 1. The fourth-order valence-electron chi connectivity index (χ4n) is 5.13. The average Bonchev–Trinajstić information content (AvgIpc) is 3.54. The van der Waals surface area contributed by atoms with Crippen LogP contribution in [0.2, 0.25) is 0 Å². The number of thiophene rings is 1. The number of pyridine rings is 1. The molecule has 1 aliphatic heterocycles. The minimum atomic E-state index is -0.257. The van der Waals surface area contributed by atoms with E-state index in [2.05, 4.69) is 38.0 Å². The van der Waals surface area contributed by atoms with Crippen LogP contribution in [-0.2, 0) is 0 Å². The molecule has 0 spiro atoms. The predicted octanol–water partition coefficient (Wildman–Crippen LogP) is 4.15. The van der Waals surface area contributed by atoms with Crippen molar-refractivity contribution >= 4 is 49.8 Å². The van der Waals surface area contributed by atoms with Gasteiger partial charge in [0.15, 0.2) is 0 Å². The molecule has 4 heterocycles. The summed E-state index contributed by atoms with van der Waals surface area (Å²) >= 11 is 1.76. The molecule has 0 amide bonds. The maximum absolute atomic E-state index is 13.0. The number of nitrogens with one attached hydrogen (secondary N) is 2. The summed E-state index contributed by atoms with van der Waals surface area (Å²) in [6.45, 7) is 3.99. The number of fused-ring (bicyclic) bond motifs is 2. The van der Waals surface area contributed by atoms with E-state index < -0.39 is 0 Å². The lowest BCUT2D eigenvalue weighted by Gasteiger charge is -2.29. The molecule has 172 valence electrons. The lowest BCUT2D eigenvalue weighted by atomic mass is 10.2. The Morgan fingerprint density at radius 2 is 2.00 bits per heavy atom. The van der Waals surface area contributed by atoms with Gasteiger partial charge >= 0.3 is 0 Å². The Bertz CT molecular complexity index is 1470. The summed E-state index contributed by atoms with van der Waals surface area (Å²) in [6.07, 6.45) is 5.73. The molecule has 6 rings (SSSR count). The van der Waals surface area contributed by atoms with Crippen molar-refractivity contribution in [1.82, 2.24) is 19.9 Å². The molecule has 4 aromatic rings. The largest absolute Gasteiger partial charge is 0.368 e. The zero-order chi connectivity index (χ0) is 23.1. The molecule has 2 aliphatic rings. The normalized spacial score (nSPS) is 16.9. The molecule has 1 saturated heterocycles. The summed E-state index contributed by atoms with van der Waals surface area (Å²) < 4.78 is 2.97. The fourth-order valence-corrected chi connectivity index (χ4v) is 6.09. The second kappa shape index (κ2) is 8.70. The van der Waals surface area contributed by atoms with E-state index >= 15 is 0 Å². The van der Waals surface area contributed by atoms with Crippen LogP contribution in [0.1, 0.15) is 37.3 Å². The number of anilines is 3. The van der Waals surface area contributed by atoms with E-state index in [1.165, 1.54) is 15.8 Å². The Morgan fingerprint density at radius 1 is 1.18 bits per heavy atom. The van der Waals surface area contributed by atoms with Crippen LogP contribution in [0.5, 0.6) is 0 Å². The molecule has 8 nitrogen and oxygen atoms in total. The van der Waals surface area contributed by atoms with Crippen LogP contribution in [0.25, 0.3) is 21.1 Å². The topological polar surface area (TPSA) is 98.9 Å². The van der Waals surface area contributed by atoms with Crippen LogP contribution < -0.4 is 21.1 Å². The van der Waals surface area contributed by atoms with Gasteiger partial charge in [-0.15, -0.1) is 11.3 Å². The third-order valence-corrected chi connectivity index (χ3v) is 7.80. The average molecular weight is 472 g/mol. The number of nitrogens with zero attached hydrogens (tertiary/aromatic N) is 5. The first kappa shape index (κ1) is 21.1. The maximum Gasteiger partial charge on any atom is 0.270 e. The summed E-state index contributed by atoms with van der Waals surface area (Å²) in [5, 5.41) is 20.4. The first-order valence-corrected chi connectivity index (χ1v) is 12.7. The highest BCUT2D eigenvalue weighted by atomic mass is 32.1. The van der Waals surface area contributed by atoms with E-state index in [-0.39, 0.29) is 17.2 Å². The van der Waals surface area contributed by atoms with Gasteiger partial charge in [0.05, 0.1) is 5.69 Å². The summed E-state index contributed by atoms with van der Waals surface area (Å²) in [7, 11) is 0. The molecule has 1 aromatic carbocycles. The SMILES string of the molecule is N#Cc1cc2cnc(Nc3ccc4scc(N5CCNCC5)c4c3)nc2n(C2CCCC2)c1=O. The minimum Gasteiger partial charge on any atom is -0.368 e. The third kappa shape index (κ3) is 3.69. The van der Waals surface area contributed by atoms with Crippen molar-refractivity contribution in [1.29, 1.82) is 5.26 Å². The van der Waals surface area contributed by atoms with Crippen LogP contribution in [0.15, 0.2) is 40.6 Å². The van der Waals surface area contributed by atoms with Crippen molar-refractivity contribution < 1.29 is 0 Å². The van der Waals surface area contributed by atoms with Gasteiger partial charge < -0.3 is 15.5 Å². The van der Waals surface area contributed by atoms with Gasteiger partial charge in [0, 0.05) is 65.0 Å². The molecule has 34 heavy (non-hydrogen) atoms. The predicted molar refractivity (Wildman–Crippen MR) is 136 cm³/mol. The first-order valence-electron chi connectivity index (χ1n) is 11.8. The van der Waals surface area contributed by atoms with Crippen LogP contribution in [0, 0.1) is 11.3 Å². The van der Waals surface area contributed by atoms with Crippen molar-refractivity contribution in [3.8, 4) is 6.07 Å². The molecule has 2 N–H and O–H groups in total. The monoisotopic (exact) mass is 471 g/mol. The van der Waals surface area contributed by atoms with Gasteiger partial charge in [0.25, 0.3) is 5.56 Å². The standard InChI is InChI=1S/C25H25N7OS/c26-13-16-11-17-14-28-25(30-23(17)32(24(16)33)19-3-1-2-4-19)29-18-5-6-22-20(12-18)21(15-34-22)31-9-7-27-8-10-31/h5-6,11-12,14-15,19,27H,1-4,7-10H2,(H,28,29,30). The summed E-state index contributed by atoms with van der Waals surface area (Å²) in [5.74, 6) is 0.446. The molecule has 0 unspecified atom stereocenters. The van der Waals surface area contributed by atoms with E-state index in [9.17, 15) is 10.1 Å². The van der Waals surface area contributed by atoms with E-state index in [1.807, 2.05) is 12.1 Å². The van der Waals surface area contributed by atoms with Gasteiger partial charge in [-0.1, -0.05) is 12.8 Å². The van der Waals surface area contributed by atoms with Crippen molar-refractivity contribution in [2.45, 2.75) is 31.7 Å². The summed E-state index contributed by atoms with van der Waals surface area (Å²) in [4.78, 5) is 24.7. The zero-order valence-corrected chi connectivity index (χ0v) is 19.6. The second-order valence-corrected chi connectivity index (χ2v) is 9.86. The van der Waals surface area contributed by atoms with Gasteiger partial charge in [0.1, 0.15) is 17.3 Å². The van der Waals surface area contributed by atoms with Gasteiger partial charge in [-0.3, -0.25) is 9.36 Å². The molecule has 0 radical (unpaired) electrons. The van der Waals surface area contributed by atoms with Gasteiger partial charge in [-0.05, 0) is 37.1 Å². The highest BCUT2D eigenvalue weighted by Crippen LogP contribution is 2.36. The molecule has 0 bridgehead atoms. The smallest absolute Gasteiger partial charge is 0.270 e. The van der Waals surface area contributed by atoms with Crippen molar-refractivity contribution in [2.24, 2.45) is 0 Å². The molecule has 1 saturated carbocycles. The molecule has 9 heteroatoms. The molecular weight excluding hydrogens is 446 g/mol. The quantitative estimate of drug-likeness (QED) is 0.461. The number of hydrogen-bond acceptors (Lipinski definition) is 8. The van der Waals surface area contributed by atoms with E-state index in [4.69, 9.17) is 4.98 Å². The van der Waals surface area contributed by atoms with Crippen LogP contribution in [0.3, 0.4) is 0 Å². The summed E-state index contributed by atoms with van der Waals surface area (Å²) in [6, 6.07) is 10.0. The third-order valence-electron chi connectivity index (χ3n) is 6.85. The molecule has 0 atom stereocenters. The first-order chi connectivity index (χ1) is 16.7. The Hall–Kier alpha value is -3.48. The number of hydrogen-bond donors (Lipinski definition) is 2. The van der Waals surface area contributed by atoms with Crippen molar-refractivity contribution in [2.75, 3.05) is 36.4 Å². The van der Waals surface area contributed by atoms with Gasteiger partial charge in [-0.25, -0.2) is 4.98 Å². The number of aromatic nitrogens is 3. The van der Waals surface area contributed by atoms with E-state index in [0.29, 0.717) is 17.0 Å². The molecule has 1 aliphatic carbocycles. The number of benzene rings is 1. The molecular formula is C25H25N7OS. The van der Waals surface area contributed by atoms with Gasteiger partial charge in [0.2, 0.25) is 5.95 Å². The van der Waals surface area contributed by atoms with Crippen molar-refractivity contribution in [3.05, 3.63) is 51.8 Å². The maximum atomic E-state index is 13.0.